The van der Waals surface area contributed by atoms with Crippen molar-refractivity contribution >= 4 is 22.5 Å². The van der Waals surface area contributed by atoms with Crippen molar-refractivity contribution in [3.8, 4) is 17.1 Å². The first-order valence-electron chi connectivity index (χ1n) is 12.3. The largest absolute Gasteiger partial charge is 0.487 e. The van der Waals surface area contributed by atoms with Crippen molar-refractivity contribution in [3.63, 3.8) is 0 Å². The molecule has 0 unspecified atom stereocenters. The molecule has 1 spiro atoms. The van der Waals surface area contributed by atoms with E-state index in [-0.39, 0.29) is 11.7 Å². The molecule has 0 atom stereocenters. The minimum absolute atomic E-state index is 0.146. The maximum atomic E-state index is 12.8. The van der Waals surface area contributed by atoms with Crippen LogP contribution in [0.15, 0.2) is 71.9 Å². The number of fused-ring (bicyclic) bond motifs is 3. The molecule has 0 bridgehead atoms. The van der Waals surface area contributed by atoms with Crippen molar-refractivity contribution in [1.29, 1.82) is 0 Å². The normalized spacial score (nSPS) is 16.4. The molecule has 2 aromatic carbocycles. The average Bonchev–Trinajstić information content (AvgIpc) is 3.25. The van der Waals surface area contributed by atoms with E-state index in [9.17, 15) is 4.79 Å². The Balaban J connectivity index is 1.14. The fourth-order valence-corrected chi connectivity index (χ4v) is 5.42. The summed E-state index contributed by atoms with van der Waals surface area (Å²) in [5.41, 5.74) is 4.17. The lowest BCUT2D eigenvalue weighted by Gasteiger charge is -2.53. The third kappa shape index (κ3) is 3.74. The first kappa shape index (κ1) is 21.7. The van der Waals surface area contributed by atoms with Crippen molar-refractivity contribution in [2.45, 2.75) is 25.5 Å². The highest BCUT2D eigenvalue weighted by Crippen LogP contribution is 2.45. The molecule has 9 heteroatoms. The Labute approximate surface area is 212 Å². The molecule has 0 amide bonds. The number of nitrogens with zero attached hydrogens (tertiary/aromatic N) is 6. The van der Waals surface area contributed by atoms with E-state index in [1.54, 1.807) is 35.3 Å². The number of rotatable bonds is 5. The summed E-state index contributed by atoms with van der Waals surface area (Å²) in [6.07, 6.45) is 7.59. The van der Waals surface area contributed by atoms with Crippen LogP contribution in [0.4, 0.5) is 5.69 Å². The monoisotopic (exact) mass is 489 g/mol. The van der Waals surface area contributed by atoms with Gasteiger partial charge in [0, 0.05) is 36.3 Å². The standard InChI is InChI=1S/C28H23N7O2/c1-29-20-5-6-23-24(10-20)34-8-7-25(36)35(27(34)33-23)15-18-3-2-4-19(9-18)26-31-13-22(14-32-26)37-21-11-28(12-21)16-30-17-28/h2-10,13-14,21,30H,11-12,15-17H2. The van der Waals surface area contributed by atoms with E-state index in [2.05, 4.69) is 25.1 Å². The number of imidazole rings is 1. The van der Waals surface area contributed by atoms with E-state index in [1.807, 2.05) is 34.7 Å². The van der Waals surface area contributed by atoms with Gasteiger partial charge in [-0.1, -0.05) is 24.3 Å². The van der Waals surface area contributed by atoms with Crippen LogP contribution in [-0.4, -0.2) is 43.1 Å². The van der Waals surface area contributed by atoms with E-state index < -0.39 is 0 Å². The van der Waals surface area contributed by atoms with Crippen molar-refractivity contribution in [1.82, 2.24) is 29.2 Å². The molecule has 1 saturated carbocycles. The van der Waals surface area contributed by atoms with E-state index in [1.165, 1.54) is 6.07 Å². The second kappa shape index (κ2) is 8.25. The summed E-state index contributed by atoms with van der Waals surface area (Å²) < 4.78 is 9.54. The lowest BCUT2D eigenvalue weighted by molar-refractivity contribution is -0.0497. The molecule has 5 aromatic rings. The molecule has 2 fully saturated rings. The van der Waals surface area contributed by atoms with E-state index in [0.717, 1.165) is 48.1 Å². The molecular formula is C28H23N7O2. The Morgan fingerprint density at radius 2 is 1.95 bits per heavy atom. The van der Waals surface area contributed by atoms with Crippen LogP contribution in [0.25, 0.3) is 33.0 Å². The topological polar surface area (TPSA) is 90.7 Å². The molecule has 1 saturated heterocycles. The van der Waals surface area contributed by atoms with Crippen LogP contribution in [0.2, 0.25) is 0 Å². The number of nitrogens with one attached hydrogen (secondary N) is 1. The van der Waals surface area contributed by atoms with E-state index in [0.29, 0.717) is 35.0 Å². The summed E-state index contributed by atoms with van der Waals surface area (Å²) in [4.78, 5) is 30.1. The highest BCUT2D eigenvalue weighted by atomic mass is 16.5. The molecular weight excluding hydrogens is 466 g/mol. The quantitative estimate of drug-likeness (QED) is 0.378. The molecule has 1 aliphatic carbocycles. The molecule has 3 aromatic heterocycles. The molecule has 37 heavy (non-hydrogen) atoms. The zero-order chi connectivity index (χ0) is 25.0. The lowest BCUT2D eigenvalue weighted by atomic mass is 9.63. The minimum atomic E-state index is -0.146. The van der Waals surface area contributed by atoms with Gasteiger partial charge in [-0.2, -0.15) is 0 Å². The van der Waals surface area contributed by atoms with Crippen LogP contribution in [0.1, 0.15) is 18.4 Å². The fourth-order valence-electron chi connectivity index (χ4n) is 5.42. The Morgan fingerprint density at radius 3 is 2.70 bits per heavy atom. The van der Waals surface area contributed by atoms with E-state index in [4.69, 9.17) is 11.3 Å². The molecule has 2 aliphatic rings. The van der Waals surface area contributed by atoms with Crippen LogP contribution in [-0.2, 0) is 6.54 Å². The molecule has 0 radical (unpaired) electrons. The van der Waals surface area contributed by atoms with Crippen molar-refractivity contribution in [2.75, 3.05) is 13.1 Å². The third-order valence-corrected chi connectivity index (χ3v) is 7.44. The van der Waals surface area contributed by atoms with Gasteiger partial charge >= 0.3 is 0 Å². The number of ether oxygens (including phenoxy) is 1. The number of hydrogen-bond donors (Lipinski definition) is 1. The van der Waals surface area contributed by atoms with Crippen LogP contribution >= 0.6 is 0 Å². The van der Waals surface area contributed by atoms with Gasteiger partial charge in [0.1, 0.15) is 6.10 Å². The Kier molecular flexibility index (Phi) is 4.84. The van der Waals surface area contributed by atoms with Crippen LogP contribution in [0.5, 0.6) is 5.75 Å². The first-order chi connectivity index (χ1) is 18.1. The SMILES string of the molecule is [C-]#[N+]c1ccc2nc3n(Cc4cccc(-c5ncc(OC6CC7(CNC7)C6)cn5)c4)c(=O)ccn3c2c1. The number of hydrogen-bond acceptors (Lipinski definition) is 6. The predicted octanol–water partition coefficient (Wildman–Crippen LogP) is 3.84. The lowest BCUT2D eigenvalue weighted by Crippen LogP contribution is -2.62. The van der Waals surface area contributed by atoms with Gasteiger partial charge in [-0.15, -0.1) is 0 Å². The van der Waals surface area contributed by atoms with Gasteiger partial charge in [-0.25, -0.2) is 19.8 Å². The smallest absolute Gasteiger partial charge is 0.255 e. The Morgan fingerprint density at radius 1 is 1.11 bits per heavy atom. The van der Waals surface area contributed by atoms with Gasteiger partial charge < -0.3 is 10.1 Å². The minimum Gasteiger partial charge on any atom is -0.487 e. The van der Waals surface area contributed by atoms with Gasteiger partial charge in [0.15, 0.2) is 17.3 Å². The van der Waals surface area contributed by atoms with Crippen LogP contribution in [0, 0.1) is 12.0 Å². The summed E-state index contributed by atoms with van der Waals surface area (Å²) in [5.74, 6) is 1.83. The highest BCUT2D eigenvalue weighted by molar-refractivity contribution is 5.83. The van der Waals surface area contributed by atoms with Gasteiger partial charge in [-0.05, 0) is 36.6 Å². The highest BCUT2D eigenvalue weighted by Gasteiger charge is 2.49. The Bertz CT molecular complexity index is 1750. The molecule has 1 N–H and O–H groups in total. The van der Waals surface area contributed by atoms with Crippen LogP contribution in [0.3, 0.4) is 0 Å². The first-order valence-corrected chi connectivity index (χ1v) is 12.3. The number of aromatic nitrogens is 5. The maximum absolute atomic E-state index is 12.8. The molecule has 4 heterocycles. The Hall–Kier alpha value is -4.55. The van der Waals surface area contributed by atoms with E-state index >= 15 is 0 Å². The fraction of sp³-hybridized carbons (Fsp3) is 0.250. The van der Waals surface area contributed by atoms with Crippen molar-refractivity contribution in [3.05, 3.63) is 94.5 Å². The van der Waals surface area contributed by atoms with Gasteiger partial charge in [0.25, 0.3) is 5.56 Å². The van der Waals surface area contributed by atoms with Gasteiger partial charge in [-0.3, -0.25) is 13.8 Å². The van der Waals surface area contributed by atoms with Crippen LogP contribution < -0.4 is 15.6 Å². The average molecular weight is 490 g/mol. The zero-order valence-electron chi connectivity index (χ0n) is 20.0. The molecule has 7 rings (SSSR count). The van der Waals surface area contributed by atoms with Gasteiger partial charge in [0.2, 0.25) is 5.78 Å². The second-order valence-electron chi connectivity index (χ2n) is 10.0. The summed E-state index contributed by atoms with van der Waals surface area (Å²) in [7, 11) is 0. The third-order valence-electron chi connectivity index (χ3n) is 7.44. The molecule has 1 aliphatic heterocycles. The summed E-state index contributed by atoms with van der Waals surface area (Å²) in [6.45, 7) is 9.83. The zero-order valence-corrected chi connectivity index (χ0v) is 20.0. The summed E-state index contributed by atoms with van der Waals surface area (Å²) in [5, 5.41) is 3.34. The van der Waals surface area contributed by atoms with Crippen molar-refractivity contribution in [2.24, 2.45) is 5.41 Å². The maximum Gasteiger partial charge on any atom is 0.255 e. The number of benzene rings is 2. The summed E-state index contributed by atoms with van der Waals surface area (Å²) >= 11 is 0. The predicted molar refractivity (Wildman–Crippen MR) is 139 cm³/mol. The van der Waals surface area contributed by atoms with Crippen molar-refractivity contribution < 1.29 is 4.74 Å². The second-order valence-corrected chi connectivity index (χ2v) is 10.0. The molecule has 182 valence electrons. The summed E-state index contributed by atoms with van der Waals surface area (Å²) in [6, 6.07) is 14.7. The molecule has 9 nitrogen and oxygen atoms in total. The van der Waals surface area contributed by atoms with Gasteiger partial charge in [0.05, 0.1) is 36.5 Å².